The Kier molecular flexibility index (Phi) is 3.52. The van der Waals surface area contributed by atoms with Crippen LogP contribution in [-0.2, 0) is 6.42 Å². The fourth-order valence-corrected chi connectivity index (χ4v) is 3.90. The molecule has 4 heteroatoms. The Balaban J connectivity index is 2.01. The van der Waals surface area contributed by atoms with Crippen molar-refractivity contribution < 1.29 is 5.11 Å². The summed E-state index contributed by atoms with van der Waals surface area (Å²) in [4.78, 5) is 7.93. The molecule has 0 unspecified atom stereocenters. The van der Waals surface area contributed by atoms with Gasteiger partial charge in [0.15, 0.2) is 0 Å². The van der Waals surface area contributed by atoms with Crippen molar-refractivity contribution in [1.82, 2.24) is 4.98 Å². The lowest BCUT2D eigenvalue weighted by Crippen LogP contribution is -2.08. The van der Waals surface area contributed by atoms with Crippen LogP contribution in [0.5, 0.6) is 0 Å². The van der Waals surface area contributed by atoms with Crippen LogP contribution >= 0.6 is 11.3 Å². The summed E-state index contributed by atoms with van der Waals surface area (Å²) in [7, 11) is 4.10. The molecule has 0 saturated carbocycles. The molecule has 0 aliphatic heterocycles. The zero-order chi connectivity index (χ0) is 14.3. The van der Waals surface area contributed by atoms with Crippen LogP contribution in [0.1, 0.15) is 35.1 Å². The molecule has 20 heavy (non-hydrogen) atoms. The maximum absolute atomic E-state index is 10.1. The van der Waals surface area contributed by atoms with E-state index in [0.717, 1.165) is 34.8 Å². The highest BCUT2D eigenvalue weighted by molar-refractivity contribution is 7.15. The predicted molar refractivity (Wildman–Crippen MR) is 84.5 cm³/mol. The van der Waals surface area contributed by atoms with Crippen molar-refractivity contribution in [1.29, 1.82) is 0 Å². The molecule has 106 valence electrons. The number of aromatic nitrogens is 1. The van der Waals surface area contributed by atoms with Crippen LogP contribution in [0.25, 0.3) is 10.6 Å². The Labute approximate surface area is 123 Å². The molecule has 0 saturated heterocycles. The van der Waals surface area contributed by atoms with Crippen LogP contribution in [0, 0.1) is 6.92 Å². The monoisotopic (exact) mass is 288 g/mol. The lowest BCUT2D eigenvalue weighted by atomic mass is 10.0. The van der Waals surface area contributed by atoms with Gasteiger partial charge < -0.3 is 10.0 Å². The minimum absolute atomic E-state index is 0.314. The largest absolute Gasteiger partial charge is 0.388 e. The average Bonchev–Trinajstić information content (AvgIpc) is 2.83. The summed E-state index contributed by atoms with van der Waals surface area (Å²) in [6, 6.07) is 6.45. The van der Waals surface area contributed by atoms with Gasteiger partial charge in [-0.05, 0) is 49.9 Å². The van der Waals surface area contributed by atoms with E-state index in [-0.39, 0.29) is 6.10 Å². The number of aliphatic hydroxyl groups excluding tert-OH is 1. The number of hydrogen-bond acceptors (Lipinski definition) is 4. The minimum atomic E-state index is -0.314. The molecular weight excluding hydrogens is 268 g/mol. The topological polar surface area (TPSA) is 36.4 Å². The number of thiazole rings is 1. The number of aryl methyl sites for hydroxylation is 2. The van der Waals surface area contributed by atoms with Gasteiger partial charge in [0.05, 0.1) is 16.7 Å². The molecule has 0 fully saturated rings. The fraction of sp³-hybridized carbons (Fsp3) is 0.438. The predicted octanol–water partition coefficient (Wildman–Crippen LogP) is 3.55. The van der Waals surface area contributed by atoms with E-state index in [1.54, 1.807) is 11.3 Å². The average molecular weight is 288 g/mol. The first-order chi connectivity index (χ1) is 9.56. The van der Waals surface area contributed by atoms with Crippen molar-refractivity contribution in [3.8, 4) is 10.6 Å². The van der Waals surface area contributed by atoms with Crippen molar-refractivity contribution >= 4 is 17.0 Å². The van der Waals surface area contributed by atoms with Gasteiger partial charge in [-0.1, -0.05) is 0 Å². The van der Waals surface area contributed by atoms with E-state index in [4.69, 9.17) is 4.98 Å². The van der Waals surface area contributed by atoms with Gasteiger partial charge in [-0.15, -0.1) is 11.3 Å². The van der Waals surface area contributed by atoms with E-state index in [1.165, 1.54) is 16.8 Å². The maximum atomic E-state index is 10.1. The third-order valence-corrected chi connectivity index (χ3v) is 5.11. The second-order valence-electron chi connectivity index (χ2n) is 5.63. The molecule has 0 bridgehead atoms. The lowest BCUT2D eigenvalue weighted by molar-refractivity contribution is 0.160. The van der Waals surface area contributed by atoms with Gasteiger partial charge in [-0.25, -0.2) is 4.98 Å². The molecule has 1 aromatic heterocycles. The summed E-state index contributed by atoms with van der Waals surface area (Å²) in [6.45, 7) is 2.12. The van der Waals surface area contributed by atoms with Gasteiger partial charge in [0, 0.05) is 25.3 Å². The third-order valence-electron chi connectivity index (χ3n) is 3.88. The van der Waals surface area contributed by atoms with Crippen molar-refractivity contribution in [2.24, 2.45) is 0 Å². The standard InChI is InChI=1S/C16H20N2OS/c1-10-9-11(18(2)3)7-8-12(10)16-17-13-5-4-6-14(19)15(13)20-16/h7-9,14,19H,4-6H2,1-3H3/t14-/m1/s1. The number of hydrogen-bond donors (Lipinski definition) is 1. The number of aliphatic hydroxyl groups is 1. The van der Waals surface area contributed by atoms with Crippen LogP contribution in [0.4, 0.5) is 5.69 Å². The number of anilines is 1. The Hall–Kier alpha value is -1.39. The molecule has 1 aliphatic carbocycles. The van der Waals surface area contributed by atoms with Crippen molar-refractivity contribution in [3.63, 3.8) is 0 Å². The van der Waals surface area contributed by atoms with E-state index < -0.39 is 0 Å². The van der Waals surface area contributed by atoms with Gasteiger partial charge in [0.1, 0.15) is 5.01 Å². The van der Waals surface area contributed by atoms with Crippen LogP contribution in [0.15, 0.2) is 18.2 Å². The molecule has 3 rings (SSSR count). The molecule has 2 aromatic rings. The van der Waals surface area contributed by atoms with Gasteiger partial charge >= 0.3 is 0 Å². The van der Waals surface area contributed by atoms with E-state index in [1.807, 2.05) is 14.1 Å². The highest BCUT2D eigenvalue weighted by atomic mass is 32.1. The molecule has 1 N–H and O–H groups in total. The highest BCUT2D eigenvalue weighted by Crippen LogP contribution is 2.39. The maximum Gasteiger partial charge on any atom is 0.124 e. The van der Waals surface area contributed by atoms with Crippen molar-refractivity contribution in [2.75, 3.05) is 19.0 Å². The molecule has 0 amide bonds. The molecule has 3 nitrogen and oxygen atoms in total. The summed E-state index contributed by atoms with van der Waals surface area (Å²) >= 11 is 1.65. The zero-order valence-electron chi connectivity index (χ0n) is 12.2. The first-order valence-electron chi connectivity index (χ1n) is 7.02. The smallest absolute Gasteiger partial charge is 0.124 e. The molecule has 1 aromatic carbocycles. The zero-order valence-corrected chi connectivity index (χ0v) is 13.0. The van der Waals surface area contributed by atoms with E-state index in [0.29, 0.717) is 0 Å². The second-order valence-corrected chi connectivity index (χ2v) is 6.66. The quantitative estimate of drug-likeness (QED) is 0.918. The second kappa shape index (κ2) is 5.19. The Bertz CT molecular complexity index is 633. The normalized spacial score (nSPS) is 17.9. The number of fused-ring (bicyclic) bond motifs is 1. The third kappa shape index (κ3) is 2.34. The Morgan fingerprint density at radius 2 is 2.15 bits per heavy atom. The van der Waals surface area contributed by atoms with Gasteiger partial charge in [-0.2, -0.15) is 0 Å². The molecule has 0 radical (unpaired) electrons. The van der Waals surface area contributed by atoms with Crippen LogP contribution in [0.2, 0.25) is 0 Å². The van der Waals surface area contributed by atoms with Crippen LogP contribution < -0.4 is 4.90 Å². The number of benzene rings is 1. The van der Waals surface area contributed by atoms with Crippen molar-refractivity contribution in [2.45, 2.75) is 32.3 Å². The molecule has 1 atom stereocenters. The first-order valence-corrected chi connectivity index (χ1v) is 7.84. The van der Waals surface area contributed by atoms with E-state index in [9.17, 15) is 5.11 Å². The van der Waals surface area contributed by atoms with Crippen LogP contribution in [0.3, 0.4) is 0 Å². The van der Waals surface area contributed by atoms with Crippen molar-refractivity contribution in [3.05, 3.63) is 34.3 Å². The van der Waals surface area contributed by atoms with Gasteiger partial charge in [0.2, 0.25) is 0 Å². The Morgan fingerprint density at radius 3 is 2.80 bits per heavy atom. The SMILES string of the molecule is Cc1cc(N(C)C)ccc1-c1nc2c(s1)[C@H](O)CCC2. The van der Waals surface area contributed by atoms with E-state index >= 15 is 0 Å². The summed E-state index contributed by atoms with van der Waals surface area (Å²) < 4.78 is 0. The van der Waals surface area contributed by atoms with Gasteiger partial charge in [0.25, 0.3) is 0 Å². The molecule has 1 heterocycles. The number of rotatable bonds is 2. The minimum Gasteiger partial charge on any atom is -0.388 e. The first kappa shape index (κ1) is 13.6. The summed E-state index contributed by atoms with van der Waals surface area (Å²) in [5.41, 5.74) is 4.71. The number of nitrogens with zero attached hydrogens (tertiary/aromatic N) is 2. The fourth-order valence-electron chi connectivity index (χ4n) is 2.68. The van der Waals surface area contributed by atoms with Gasteiger partial charge in [-0.3, -0.25) is 0 Å². The summed E-state index contributed by atoms with van der Waals surface area (Å²) in [5.74, 6) is 0. The molecule has 0 spiro atoms. The summed E-state index contributed by atoms with van der Waals surface area (Å²) in [6.07, 6.45) is 2.59. The van der Waals surface area contributed by atoms with E-state index in [2.05, 4.69) is 30.0 Å². The molecular formula is C16H20N2OS. The summed E-state index contributed by atoms with van der Waals surface area (Å²) in [5, 5.41) is 11.1. The highest BCUT2D eigenvalue weighted by Gasteiger charge is 2.23. The lowest BCUT2D eigenvalue weighted by Gasteiger charge is -2.14. The van der Waals surface area contributed by atoms with Crippen LogP contribution in [-0.4, -0.2) is 24.2 Å². The Morgan fingerprint density at radius 1 is 1.35 bits per heavy atom. The molecule has 1 aliphatic rings.